The molecule has 0 spiro atoms. The molecule has 0 radical (unpaired) electrons. The van der Waals surface area contributed by atoms with Crippen molar-refractivity contribution in [2.45, 2.75) is 19.8 Å². The maximum atomic E-state index is 12.0. The summed E-state index contributed by atoms with van der Waals surface area (Å²) in [4.78, 5) is 27.6. The summed E-state index contributed by atoms with van der Waals surface area (Å²) in [5.74, 6) is -0.00188. The average molecular weight is 360 g/mol. The van der Waals surface area contributed by atoms with Crippen LogP contribution in [0.4, 0.5) is 5.13 Å². The number of hydrogen-bond donors (Lipinski definition) is 1. The molecule has 0 unspecified atom stereocenters. The lowest BCUT2D eigenvalue weighted by Crippen LogP contribution is -2.20. The summed E-state index contributed by atoms with van der Waals surface area (Å²) in [6.07, 6.45) is 2.54. The molecule has 2 aromatic rings. The van der Waals surface area contributed by atoms with Crippen molar-refractivity contribution in [3.05, 3.63) is 53.6 Å². The third-order valence-corrected chi connectivity index (χ3v) is 3.93. The fraction of sp³-hybridized carbons (Fsp3) is 0.278. The van der Waals surface area contributed by atoms with Gasteiger partial charge in [-0.1, -0.05) is 24.3 Å². The maximum absolute atomic E-state index is 12.0. The van der Waals surface area contributed by atoms with Crippen LogP contribution in [-0.4, -0.2) is 30.1 Å². The Kier molecular flexibility index (Phi) is 7.16. The van der Waals surface area contributed by atoms with Crippen molar-refractivity contribution in [1.82, 2.24) is 4.98 Å². The number of allylic oxidation sites excluding steroid dienone is 1. The molecule has 1 heterocycles. The third-order valence-electron chi connectivity index (χ3n) is 3.12. The summed E-state index contributed by atoms with van der Waals surface area (Å²) in [6.45, 7) is 5.66. The molecule has 0 bridgehead atoms. The molecular weight excluding hydrogens is 340 g/mol. The lowest BCUT2D eigenvalue weighted by molar-refractivity contribution is -0.142. The first-order valence-corrected chi connectivity index (χ1v) is 8.71. The van der Waals surface area contributed by atoms with Crippen LogP contribution in [0.3, 0.4) is 0 Å². The SMILES string of the molecule is C=CCc1ccccc1OCC(=O)Nc1nc(CC(=O)OCC)cs1. The Bertz CT molecular complexity index is 742. The van der Waals surface area contributed by atoms with Gasteiger partial charge in [0.15, 0.2) is 11.7 Å². The molecule has 0 saturated heterocycles. The number of rotatable bonds is 9. The van der Waals surface area contributed by atoms with Gasteiger partial charge < -0.3 is 9.47 Å². The van der Waals surface area contributed by atoms with Crippen LogP contribution in [0.1, 0.15) is 18.2 Å². The Balaban J connectivity index is 1.86. The monoisotopic (exact) mass is 360 g/mol. The number of amides is 1. The number of thiazole rings is 1. The molecule has 25 heavy (non-hydrogen) atoms. The molecule has 1 amide bonds. The second kappa shape index (κ2) is 9.58. The third kappa shape index (κ3) is 6.04. The normalized spacial score (nSPS) is 10.1. The summed E-state index contributed by atoms with van der Waals surface area (Å²) in [6, 6.07) is 7.50. The van der Waals surface area contributed by atoms with Crippen LogP contribution >= 0.6 is 11.3 Å². The number of nitrogens with one attached hydrogen (secondary N) is 1. The first kappa shape index (κ1) is 18.7. The van der Waals surface area contributed by atoms with Crippen LogP contribution in [0, 0.1) is 0 Å². The highest BCUT2D eigenvalue weighted by molar-refractivity contribution is 7.13. The summed E-state index contributed by atoms with van der Waals surface area (Å²) in [5, 5.41) is 4.80. The summed E-state index contributed by atoms with van der Waals surface area (Å²) in [5.41, 5.74) is 1.53. The molecule has 0 saturated carbocycles. The Morgan fingerprint density at radius 1 is 1.36 bits per heavy atom. The topological polar surface area (TPSA) is 77.5 Å². The molecule has 6 nitrogen and oxygen atoms in total. The second-order valence-electron chi connectivity index (χ2n) is 5.06. The van der Waals surface area contributed by atoms with E-state index in [2.05, 4.69) is 16.9 Å². The van der Waals surface area contributed by atoms with E-state index in [-0.39, 0.29) is 24.9 Å². The fourth-order valence-electron chi connectivity index (χ4n) is 2.07. The van der Waals surface area contributed by atoms with Gasteiger partial charge in [0.05, 0.1) is 18.7 Å². The molecule has 0 aliphatic rings. The van der Waals surface area contributed by atoms with Gasteiger partial charge in [-0.25, -0.2) is 4.98 Å². The number of anilines is 1. The van der Waals surface area contributed by atoms with Crippen molar-refractivity contribution in [3.63, 3.8) is 0 Å². The minimum Gasteiger partial charge on any atom is -0.483 e. The van der Waals surface area contributed by atoms with E-state index in [9.17, 15) is 9.59 Å². The minimum absolute atomic E-state index is 0.0889. The predicted molar refractivity (Wildman–Crippen MR) is 96.9 cm³/mol. The maximum Gasteiger partial charge on any atom is 0.311 e. The zero-order chi connectivity index (χ0) is 18.1. The van der Waals surface area contributed by atoms with Gasteiger partial charge in [0.25, 0.3) is 5.91 Å². The fourth-order valence-corrected chi connectivity index (χ4v) is 2.80. The smallest absolute Gasteiger partial charge is 0.311 e. The zero-order valence-electron chi connectivity index (χ0n) is 14.0. The van der Waals surface area contributed by atoms with E-state index in [4.69, 9.17) is 9.47 Å². The molecule has 0 aliphatic heterocycles. The van der Waals surface area contributed by atoms with Crippen LogP contribution in [0.2, 0.25) is 0 Å². The Labute approximate surface area is 150 Å². The molecular formula is C18H20N2O4S. The summed E-state index contributed by atoms with van der Waals surface area (Å²) < 4.78 is 10.4. The summed E-state index contributed by atoms with van der Waals surface area (Å²) in [7, 11) is 0. The van der Waals surface area contributed by atoms with Gasteiger partial charge in [-0.2, -0.15) is 0 Å². The number of benzene rings is 1. The molecule has 132 valence electrons. The lowest BCUT2D eigenvalue weighted by Gasteiger charge is -2.09. The van der Waals surface area contributed by atoms with Gasteiger partial charge in [0.2, 0.25) is 0 Å². The molecule has 2 rings (SSSR count). The first-order chi connectivity index (χ1) is 12.1. The highest BCUT2D eigenvalue weighted by Gasteiger charge is 2.11. The number of esters is 1. The lowest BCUT2D eigenvalue weighted by atomic mass is 10.1. The molecule has 7 heteroatoms. The molecule has 1 N–H and O–H groups in total. The van der Waals surface area contributed by atoms with Gasteiger partial charge in [0.1, 0.15) is 5.75 Å². The van der Waals surface area contributed by atoms with E-state index >= 15 is 0 Å². The first-order valence-electron chi connectivity index (χ1n) is 7.83. The molecule has 1 aromatic heterocycles. The van der Waals surface area contributed by atoms with E-state index in [1.165, 1.54) is 11.3 Å². The van der Waals surface area contributed by atoms with E-state index in [0.29, 0.717) is 29.6 Å². The molecule has 0 atom stereocenters. The van der Waals surface area contributed by atoms with E-state index < -0.39 is 0 Å². The van der Waals surface area contributed by atoms with Crippen molar-refractivity contribution in [2.24, 2.45) is 0 Å². The Morgan fingerprint density at radius 2 is 2.16 bits per heavy atom. The van der Waals surface area contributed by atoms with E-state index in [0.717, 1.165) is 5.56 Å². The van der Waals surface area contributed by atoms with Gasteiger partial charge >= 0.3 is 5.97 Å². The standard InChI is InChI=1S/C18H20N2O4S/c1-3-7-13-8-5-6-9-15(13)24-11-16(21)20-18-19-14(12-25-18)10-17(22)23-4-2/h3,5-6,8-9,12H,1,4,7,10-11H2,2H3,(H,19,20,21). The molecule has 0 fully saturated rings. The number of nitrogens with zero attached hydrogens (tertiary/aromatic N) is 1. The minimum atomic E-state index is -0.340. The van der Waals surface area contributed by atoms with Crippen LogP contribution in [0.25, 0.3) is 0 Å². The zero-order valence-corrected chi connectivity index (χ0v) is 14.8. The predicted octanol–water partition coefficient (Wildman–Crippen LogP) is 2.99. The number of para-hydroxylation sites is 1. The number of aromatic nitrogens is 1. The summed E-state index contributed by atoms with van der Waals surface area (Å²) >= 11 is 1.25. The van der Waals surface area contributed by atoms with Crippen molar-refractivity contribution < 1.29 is 19.1 Å². The largest absolute Gasteiger partial charge is 0.483 e. The van der Waals surface area contributed by atoms with Crippen molar-refractivity contribution in [2.75, 3.05) is 18.5 Å². The molecule has 1 aromatic carbocycles. The van der Waals surface area contributed by atoms with Crippen molar-refractivity contribution in [3.8, 4) is 5.75 Å². The van der Waals surface area contributed by atoms with Gasteiger partial charge in [-0.15, -0.1) is 17.9 Å². The molecule has 0 aliphatic carbocycles. The number of ether oxygens (including phenoxy) is 2. The number of carbonyl (C=O) groups excluding carboxylic acids is 2. The van der Waals surface area contributed by atoms with Gasteiger partial charge in [-0.3, -0.25) is 14.9 Å². The van der Waals surface area contributed by atoms with Gasteiger partial charge in [-0.05, 0) is 25.0 Å². The van der Waals surface area contributed by atoms with Crippen molar-refractivity contribution >= 4 is 28.3 Å². The second-order valence-corrected chi connectivity index (χ2v) is 5.92. The van der Waals surface area contributed by atoms with Crippen LogP contribution in [0.5, 0.6) is 5.75 Å². The quantitative estimate of drug-likeness (QED) is 0.549. The highest BCUT2D eigenvalue weighted by atomic mass is 32.1. The number of carbonyl (C=O) groups is 2. The number of hydrogen-bond acceptors (Lipinski definition) is 6. The van der Waals surface area contributed by atoms with Gasteiger partial charge in [0, 0.05) is 5.38 Å². The van der Waals surface area contributed by atoms with E-state index in [1.54, 1.807) is 18.4 Å². The Hall–Kier alpha value is -2.67. The van der Waals surface area contributed by atoms with Crippen LogP contribution in [-0.2, 0) is 27.2 Å². The van der Waals surface area contributed by atoms with Crippen molar-refractivity contribution in [1.29, 1.82) is 0 Å². The van der Waals surface area contributed by atoms with E-state index in [1.807, 2.05) is 24.3 Å². The average Bonchev–Trinajstić information content (AvgIpc) is 3.01. The Morgan fingerprint density at radius 3 is 2.92 bits per heavy atom. The van der Waals surface area contributed by atoms with Crippen LogP contribution < -0.4 is 10.1 Å². The van der Waals surface area contributed by atoms with Crippen LogP contribution in [0.15, 0.2) is 42.3 Å². The highest BCUT2D eigenvalue weighted by Crippen LogP contribution is 2.19.